The lowest BCUT2D eigenvalue weighted by Gasteiger charge is -2.22. The number of nitrogens with one attached hydrogen (secondary N) is 1. The van der Waals surface area contributed by atoms with E-state index in [1.165, 1.54) is 4.88 Å². The maximum Gasteiger partial charge on any atom is 0.272 e. The van der Waals surface area contributed by atoms with E-state index in [4.69, 9.17) is 0 Å². The number of nitrogens with zero attached hydrogens (tertiary/aromatic N) is 4. The number of thiazole rings is 1. The van der Waals surface area contributed by atoms with Gasteiger partial charge in [0.05, 0.1) is 18.1 Å². The van der Waals surface area contributed by atoms with Crippen molar-refractivity contribution in [2.75, 3.05) is 18.9 Å². The van der Waals surface area contributed by atoms with Crippen LogP contribution in [0.1, 0.15) is 41.1 Å². The molecular weight excluding hydrogens is 298 g/mol. The predicted octanol–water partition coefficient (Wildman–Crippen LogP) is 2.33. The molecule has 0 spiro atoms. The Kier molecular flexibility index (Phi) is 3.68. The van der Waals surface area contributed by atoms with E-state index in [0.717, 1.165) is 17.4 Å². The number of hydrogen-bond donors (Lipinski definition) is 1. The second-order valence-corrected chi connectivity index (χ2v) is 7.72. The second kappa shape index (κ2) is 5.39. The Bertz CT molecular complexity index is 697. The van der Waals surface area contributed by atoms with Gasteiger partial charge in [-0.2, -0.15) is 5.10 Å². The number of carbonyl (C=O) groups is 1. The van der Waals surface area contributed by atoms with E-state index < -0.39 is 0 Å². The summed E-state index contributed by atoms with van der Waals surface area (Å²) in [6, 6.07) is 1.82. The molecule has 0 aromatic carbocycles. The first-order chi connectivity index (χ1) is 10.3. The lowest BCUT2D eigenvalue weighted by Crippen LogP contribution is -2.37. The number of anilines is 1. The van der Waals surface area contributed by atoms with E-state index in [1.54, 1.807) is 20.9 Å². The number of carbonyl (C=O) groups excluding carboxylic acids is 1. The van der Waals surface area contributed by atoms with Gasteiger partial charge in [0.1, 0.15) is 11.5 Å². The molecular formula is C15H21N5OS. The first-order valence-corrected chi connectivity index (χ1v) is 8.18. The van der Waals surface area contributed by atoms with Crippen molar-refractivity contribution in [2.24, 2.45) is 0 Å². The molecule has 3 rings (SSSR count). The van der Waals surface area contributed by atoms with Gasteiger partial charge in [-0.1, -0.05) is 20.8 Å². The zero-order chi connectivity index (χ0) is 15.9. The standard InChI is InChI=1S/C15H21N5OS/c1-15(2,3)14-17-9-10(22-14)8-16-12-7-11-13(21)19(4)5-6-20(11)18-12/h7,9H,5-6,8H2,1-4H3,(H,16,18). The van der Waals surface area contributed by atoms with Crippen LogP contribution >= 0.6 is 11.3 Å². The summed E-state index contributed by atoms with van der Waals surface area (Å²) in [4.78, 5) is 19.4. The highest BCUT2D eigenvalue weighted by atomic mass is 32.1. The quantitative estimate of drug-likeness (QED) is 0.943. The van der Waals surface area contributed by atoms with Gasteiger partial charge in [-0.15, -0.1) is 11.3 Å². The third kappa shape index (κ3) is 2.85. The van der Waals surface area contributed by atoms with E-state index in [2.05, 4.69) is 36.2 Å². The van der Waals surface area contributed by atoms with Crippen LogP contribution in [0.15, 0.2) is 12.3 Å². The molecule has 7 heteroatoms. The summed E-state index contributed by atoms with van der Waals surface area (Å²) in [6.07, 6.45) is 1.91. The zero-order valence-electron chi connectivity index (χ0n) is 13.4. The molecule has 1 aliphatic heterocycles. The van der Waals surface area contributed by atoms with E-state index in [1.807, 2.05) is 19.3 Å². The Balaban J connectivity index is 1.69. The maximum absolute atomic E-state index is 12.0. The van der Waals surface area contributed by atoms with E-state index in [9.17, 15) is 4.79 Å². The molecule has 1 N–H and O–H groups in total. The molecule has 0 aliphatic carbocycles. The van der Waals surface area contributed by atoms with Crippen LogP contribution in [-0.2, 0) is 18.5 Å². The van der Waals surface area contributed by atoms with Crippen LogP contribution in [0.25, 0.3) is 0 Å². The highest BCUT2D eigenvalue weighted by Crippen LogP contribution is 2.27. The lowest BCUT2D eigenvalue weighted by atomic mass is 9.98. The van der Waals surface area contributed by atoms with Crippen LogP contribution in [-0.4, -0.2) is 39.2 Å². The normalized spacial score (nSPS) is 15.1. The van der Waals surface area contributed by atoms with Crippen molar-refractivity contribution in [3.8, 4) is 0 Å². The van der Waals surface area contributed by atoms with Gasteiger partial charge in [0.15, 0.2) is 0 Å². The average molecular weight is 319 g/mol. The minimum atomic E-state index is 0.0274. The number of likely N-dealkylation sites (N-methyl/N-ethyl adjacent to an activating group) is 1. The minimum absolute atomic E-state index is 0.0274. The number of hydrogen-bond acceptors (Lipinski definition) is 5. The van der Waals surface area contributed by atoms with Crippen molar-refractivity contribution in [2.45, 2.75) is 39.3 Å². The Morgan fingerprint density at radius 2 is 2.14 bits per heavy atom. The first-order valence-electron chi connectivity index (χ1n) is 7.37. The van der Waals surface area contributed by atoms with Crippen molar-refractivity contribution in [1.82, 2.24) is 19.7 Å². The summed E-state index contributed by atoms with van der Waals surface area (Å²) in [5.74, 6) is 0.768. The van der Waals surface area contributed by atoms with Crippen LogP contribution in [0.2, 0.25) is 0 Å². The second-order valence-electron chi connectivity index (χ2n) is 6.60. The van der Waals surface area contributed by atoms with Crippen molar-refractivity contribution in [3.05, 3.63) is 27.8 Å². The molecule has 3 heterocycles. The molecule has 0 unspecified atom stereocenters. The van der Waals surface area contributed by atoms with Crippen LogP contribution < -0.4 is 5.32 Å². The van der Waals surface area contributed by atoms with Gasteiger partial charge in [-0.05, 0) is 0 Å². The molecule has 0 fully saturated rings. The number of amides is 1. The third-order valence-electron chi connectivity index (χ3n) is 3.63. The van der Waals surface area contributed by atoms with Crippen molar-refractivity contribution >= 4 is 23.1 Å². The monoisotopic (exact) mass is 319 g/mol. The molecule has 0 atom stereocenters. The SMILES string of the molecule is CN1CCn2nc(NCc3cnc(C(C)(C)C)s3)cc2C1=O. The molecule has 22 heavy (non-hydrogen) atoms. The smallest absolute Gasteiger partial charge is 0.272 e. The van der Waals surface area contributed by atoms with E-state index >= 15 is 0 Å². The highest BCUT2D eigenvalue weighted by Gasteiger charge is 2.23. The first kappa shape index (κ1) is 15.0. The van der Waals surface area contributed by atoms with E-state index in [-0.39, 0.29) is 11.3 Å². The van der Waals surface area contributed by atoms with Crippen molar-refractivity contribution in [3.63, 3.8) is 0 Å². The summed E-state index contributed by atoms with van der Waals surface area (Å²) in [5, 5.41) is 8.86. The fourth-order valence-electron chi connectivity index (χ4n) is 2.30. The average Bonchev–Trinajstić information content (AvgIpc) is 3.07. The number of fused-ring (bicyclic) bond motifs is 1. The van der Waals surface area contributed by atoms with Crippen LogP contribution in [0, 0.1) is 0 Å². The van der Waals surface area contributed by atoms with Crippen molar-refractivity contribution in [1.29, 1.82) is 0 Å². The Morgan fingerprint density at radius 3 is 2.82 bits per heavy atom. The molecule has 6 nitrogen and oxygen atoms in total. The number of aromatic nitrogens is 3. The highest BCUT2D eigenvalue weighted by molar-refractivity contribution is 7.11. The molecule has 2 aromatic rings. The van der Waals surface area contributed by atoms with Gasteiger partial charge in [0.25, 0.3) is 5.91 Å². The Hall–Kier alpha value is -1.89. The summed E-state index contributed by atoms with van der Waals surface area (Å²) >= 11 is 1.71. The molecule has 0 saturated heterocycles. The van der Waals surface area contributed by atoms with Crippen LogP contribution in [0.4, 0.5) is 5.82 Å². The predicted molar refractivity (Wildman–Crippen MR) is 87.3 cm³/mol. The lowest BCUT2D eigenvalue weighted by molar-refractivity contribution is 0.0743. The summed E-state index contributed by atoms with van der Waals surface area (Å²) in [7, 11) is 1.82. The molecule has 0 bridgehead atoms. The molecule has 0 saturated carbocycles. The number of rotatable bonds is 3. The summed E-state index contributed by atoms with van der Waals surface area (Å²) < 4.78 is 1.78. The molecule has 1 aliphatic rings. The minimum Gasteiger partial charge on any atom is -0.364 e. The van der Waals surface area contributed by atoms with Gasteiger partial charge in [0, 0.05) is 36.1 Å². The van der Waals surface area contributed by atoms with Gasteiger partial charge in [-0.3, -0.25) is 9.48 Å². The zero-order valence-corrected chi connectivity index (χ0v) is 14.2. The van der Waals surface area contributed by atoms with Gasteiger partial charge >= 0.3 is 0 Å². The molecule has 118 valence electrons. The van der Waals surface area contributed by atoms with Crippen molar-refractivity contribution < 1.29 is 4.79 Å². The molecule has 2 aromatic heterocycles. The topological polar surface area (TPSA) is 63.1 Å². The Labute approximate surface area is 134 Å². The summed E-state index contributed by atoms with van der Waals surface area (Å²) in [6.45, 7) is 8.61. The maximum atomic E-state index is 12.0. The summed E-state index contributed by atoms with van der Waals surface area (Å²) in [5.41, 5.74) is 0.726. The van der Waals surface area contributed by atoms with Gasteiger partial charge in [0.2, 0.25) is 0 Å². The molecule has 0 radical (unpaired) electrons. The van der Waals surface area contributed by atoms with Gasteiger partial charge in [-0.25, -0.2) is 4.98 Å². The van der Waals surface area contributed by atoms with Gasteiger partial charge < -0.3 is 10.2 Å². The fraction of sp³-hybridized carbons (Fsp3) is 0.533. The van der Waals surface area contributed by atoms with E-state index in [0.29, 0.717) is 18.8 Å². The third-order valence-corrected chi connectivity index (χ3v) is 5.05. The van der Waals surface area contributed by atoms with Crippen LogP contribution in [0.5, 0.6) is 0 Å². The fourth-order valence-corrected chi connectivity index (χ4v) is 3.21. The largest absolute Gasteiger partial charge is 0.364 e. The Morgan fingerprint density at radius 1 is 1.36 bits per heavy atom. The molecule has 1 amide bonds. The van der Waals surface area contributed by atoms with Crippen LogP contribution in [0.3, 0.4) is 0 Å².